The van der Waals surface area contributed by atoms with Crippen LogP contribution >= 0.6 is 0 Å². The Morgan fingerprint density at radius 2 is 2.11 bits per heavy atom. The van der Waals surface area contributed by atoms with E-state index in [1.807, 2.05) is 33.8 Å². The van der Waals surface area contributed by atoms with E-state index >= 15 is 0 Å². The predicted octanol–water partition coefficient (Wildman–Crippen LogP) is 1.81. The zero-order valence-electron chi connectivity index (χ0n) is 11.4. The molecule has 2 N–H and O–H groups in total. The number of rotatable bonds is 6. The third-order valence-electron chi connectivity index (χ3n) is 2.01. The molecule has 0 saturated carbocycles. The summed E-state index contributed by atoms with van der Waals surface area (Å²) in [6.07, 6.45) is 1.71. The van der Waals surface area contributed by atoms with Crippen molar-refractivity contribution in [2.24, 2.45) is 0 Å². The van der Waals surface area contributed by atoms with Crippen LogP contribution in [0.15, 0.2) is 18.3 Å². The highest BCUT2D eigenvalue weighted by atomic mass is 16.5. The molecule has 1 aromatic heterocycles. The summed E-state index contributed by atoms with van der Waals surface area (Å²) in [5.41, 5.74) is 0.727. The van der Waals surface area contributed by atoms with Gasteiger partial charge in [-0.15, -0.1) is 0 Å². The quantitative estimate of drug-likeness (QED) is 0.809. The molecular weight excluding hydrogens is 230 g/mol. The summed E-state index contributed by atoms with van der Waals surface area (Å²) in [4.78, 5) is 15.7. The second-order valence-electron chi connectivity index (χ2n) is 4.60. The SMILES string of the molecule is CC(C)NC(=O)CNc1cccnc1OC(C)C. The fraction of sp³-hybridized carbons (Fsp3) is 0.538. The first kappa shape index (κ1) is 14.3. The second kappa shape index (κ2) is 6.83. The molecule has 1 heterocycles. The van der Waals surface area contributed by atoms with Crippen molar-refractivity contribution in [2.75, 3.05) is 11.9 Å². The van der Waals surface area contributed by atoms with E-state index in [-0.39, 0.29) is 24.6 Å². The van der Waals surface area contributed by atoms with Gasteiger partial charge in [0.15, 0.2) is 0 Å². The number of amides is 1. The van der Waals surface area contributed by atoms with Crippen molar-refractivity contribution >= 4 is 11.6 Å². The number of carbonyl (C=O) groups excluding carboxylic acids is 1. The van der Waals surface area contributed by atoms with E-state index in [1.54, 1.807) is 12.3 Å². The lowest BCUT2D eigenvalue weighted by molar-refractivity contribution is -0.119. The lowest BCUT2D eigenvalue weighted by Gasteiger charge is -2.14. The van der Waals surface area contributed by atoms with Crippen LogP contribution in [0.25, 0.3) is 0 Å². The molecule has 0 fully saturated rings. The van der Waals surface area contributed by atoms with Gasteiger partial charge in [0, 0.05) is 12.2 Å². The average molecular weight is 251 g/mol. The smallest absolute Gasteiger partial charge is 0.239 e. The minimum Gasteiger partial charge on any atom is -0.473 e. The molecule has 0 bridgehead atoms. The van der Waals surface area contributed by atoms with Crippen LogP contribution in [-0.2, 0) is 4.79 Å². The standard InChI is InChI=1S/C13H21N3O2/c1-9(2)16-12(17)8-15-11-6-5-7-14-13(11)18-10(3)4/h5-7,9-10,15H,8H2,1-4H3,(H,16,17). The third kappa shape index (κ3) is 5.03. The normalized spacial score (nSPS) is 10.6. The second-order valence-corrected chi connectivity index (χ2v) is 4.60. The van der Waals surface area contributed by atoms with Gasteiger partial charge >= 0.3 is 0 Å². The van der Waals surface area contributed by atoms with Gasteiger partial charge in [0.2, 0.25) is 11.8 Å². The molecule has 0 unspecified atom stereocenters. The van der Waals surface area contributed by atoms with Crippen molar-refractivity contribution in [3.8, 4) is 5.88 Å². The molecule has 0 spiro atoms. The van der Waals surface area contributed by atoms with E-state index in [0.717, 1.165) is 5.69 Å². The van der Waals surface area contributed by atoms with Crippen molar-refractivity contribution in [2.45, 2.75) is 39.8 Å². The number of pyridine rings is 1. The molecule has 100 valence electrons. The fourth-order valence-electron chi connectivity index (χ4n) is 1.39. The lowest BCUT2D eigenvalue weighted by Crippen LogP contribution is -2.34. The van der Waals surface area contributed by atoms with Crippen LogP contribution in [0, 0.1) is 0 Å². The number of anilines is 1. The molecule has 1 aromatic rings. The van der Waals surface area contributed by atoms with Gasteiger partial charge in [-0.05, 0) is 39.8 Å². The Bertz CT molecular complexity index is 392. The summed E-state index contributed by atoms with van der Waals surface area (Å²) >= 11 is 0. The first-order valence-corrected chi connectivity index (χ1v) is 6.14. The summed E-state index contributed by atoms with van der Waals surface area (Å²) in [5.74, 6) is 0.467. The Kier molecular flexibility index (Phi) is 5.42. The maximum absolute atomic E-state index is 11.5. The van der Waals surface area contributed by atoms with Gasteiger partial charge in [0.1, 0.15) is 0 Å². The zero-order chi connectivity index (χ0) is 13.5. The van der Waals surface area contributed by atoms with Gasteiger partial charge in [0.25, 0.3) is 0 Å². The fourth-order valence-corrected chi connectivity index (χ4v) is 1.39. The largest absolute Gasteiger partial charge is 0.473 e. The van der Waals surface area contributed by atoms with Crippen molar-refractivity contribution in [3.63, 3.8) is 0 Å². The van der Waals surface area contributed by atoms with Gasteiger partial charge in [-0.2, -0.15) is 0 Å². The Morgan fingerprint density at radius 1 is 1.39 bits per heavy atom. The first-order valence-electron chi connectivity index (χ1n) is 6.14. The minimum atomic E-state index is -0.0515. The van der Waals surface area contributed by atoms with E-state index in [9.17, 15) is 4.79 Å². The summed E-state index contributed by atoms with van der Waals surface area (Å²) in [7, 11) is 0. The van der Waals surface area contributed by atoms with Gasteiger partial charge < -0.3 is 15.4 Å². The minimum absolute atomic E-state index is 0.0462. The van der Waals surface area contributed by atoms with E-state index in [2.05, 4.69) is 15.6 Å². The maximum Gasteiger partial charge on any atom is 0.239 e. The highest BCUT2D eigenvalue weighted by Crippen LogP contribution is 2.21. The monoisotopic (exact) mass is 251 g/mol. The number of hydrogen-bond acceptors (Lipinski definition) is 4. The zero-order valence-corrected chi connectivity index (χ0v) is 11.4. The number of aromatic nitrogens is 1. The van der Waals surface area contributed by atoms with E-state index in [1.165, 1.54) is 0 Å². The number of nitrogens with zero attached hydrogens (tertiary/aromatic N) is 1. The third-order valence-corrected chi connectivity index (χ3v) is 2.01. The molecule has 0 aliphatic rings. The molecule has 0 saturated heterocycles. The molecule has 0 radical (unpaired) electrons. The predicted molar refractivity (Wildman–Crippen MR) is 71.8 cm³/mol. The van der Waals surface area contributed by atoms with Crippen LogP contribution in [0.3, 0.4) is 0 Å². The summed E-state index contributed by atoms with van der Waals surface area (Å²) in [5, 5.41) is 5.83. The molecule has 0 aromatic carbocycles. The molecule has 1 rings (SSSR count). The lowest BCUT2D eigenvalue weighted by atomic mass is 10.3. The van der Waals surface area contributed by atoms with Crippen molar-refractivity contribution in [1.82, 2.24) is 10.3 Å². The van der Waals surface area contributed by atoms with E-state index in [0.29, 0.717) is 5.88 Å². The Labute approximate surface area is 108 Å². The Balaban J connectivity index is 2.58. The van der Waals surface area contributed by atoms with Gasteiger partial charge in [-0.3, -0.25) is 4.79 Å². The van der Waals surface area contributed by atoms with Crippen molar-refractivity contribution < 1.29 is 9.53 Å². The van der Waals surface area contributed by atoms with Crippen LogP contribution in [0.2, 0.25) is 0 Å². The number of carbonyl (C=O) groups is 1. The van der Waals surface area contributed by atoms with Crippen LogP contribution in [-0.4, -0.2) is 29.6 Å². The molecule has 0 atom stereocenters. The number of ether oxygens (including phenoxy) is 1. The van der Waals surface area contributed by atoms with Crippen molar-refractivity contribution in [3.05, 3.63) is 18.3 Å². The Morgan fingerprint density at radius 3 is 2.72 bits per heavy atom. The molecule has 0 aliphatic heterocycles. The topological polar surface area (TPSA) is 63.2 Å². The van der Waals surface area contributed by atoms with Crippen LogP contribution in [0.5, 0.6) is 5.88 Å². The Hall–Kier alpha value is -1.78. The summed E-state index contributed by atoms with van der Waals surface area (Å²) in [6.45, 7) is 7.93. The van der Waals surface area contributed by atoms with Gasteiger partial charge in [-0.25, -0.2) is 4.98 Å². The van der Waals surface area contributed by atoms with Crippen LogP contribution < -0.4 is 15.4 Å². The summed E-state index contributed by atoms with van der Waals surface area (Å²) < 4.78 is 5.55. The summed E-state index contributed by atoms with van der Waals surface area (Å²) in [6, 6.07) is 3.78. The van der Waals surface area contributed by atoms with Gasteiger partial charge in [-0.1, -0.05) is 0 Å². The van der Waals surface area contributed by atoms with Crippen molar-refractivity contribution in [1.29, 1.82) is 0 Å². The highest BCUT2D eigenvalue weighted by molar-refractivity contribution is 5.81. The first-order chi connectivity index (χ1) is 8.49. The molecular formula is C13H21N3O2. The molecule has 5 nitrogen and oxygen atoms in total. The van der Waals surface area contributed by atoms with Gasteiger partial charge in [0.05, 0.1) is 18.3 Å². The number of hydrogen-bond donors (Lipinski definition) is 2. The van der Waals surface area contributed by atoms with E-state index in [4.69, 9.17) is 4.74 Å². The van der Waals surface area contributed by atoms with E-state index < -0.39 is 0 Å². The van der Waals surface area contributed by atoms with Crippen LogP contribution in [0.4, 0.5) is 5.69 Å². The average Bonchev–Trinajstić information content (AvgIpc) is 2.26. The number of nitrogens with one attached hydrogen (secondary N) is 2. The molecule has 1 amide bonds. The molecule has 5 heteroatoms. The molecule has 18 heavy (non-hydrogen) atoms. The molecule has 0 aliphatic carbocycles. The maximum atomic E-state index is 11.5. The van der Waals surface area contributed by atoms with Crippen LogP contribution in [0.1, 0.15) is 27.7 Å². The highest BCUT2D eigenvalue weighted by Gasteiger charge is 2.08.